The summed E-state index contributed by atoms with van der Waals surface area (Å²) in [6.07, 6.45) is 5.48. The van der Waals surface area contributed by atoms with Crippen molar-refractivity contribution in [1.29, 1.82) is 0 Å². The van der Waals surface area contributed by atoms with Gasteiger partial charge in [-0.2, -0.15) is 9.97 Å². The minimum Gasteiger partial charge on any atom is -0.493 e. The van der Waals surface area contributed by atoms with E-state index in [1.807, 2.05) is 37.3 Å². The summed E-state index contributed by atoms with van der Waals surface area (Å²) in [7, 11) is 3.17. The molecule has 0 spiro atoms. The average Bonchev–Trinajstić information content (AvgIpc) is 2.67. The summed E-state index contributed by atoms with van der Waals surface area (Å²) >= 11 is 0. The molecule has 1 N–H and O–H groups in total. The van der Waals surface area contributed by atoms with Crippen LogP contribution < -0.4 is 19.5 Å². The Morgan fingerprint density at radius 3 is 2.48 bits per heavy atom. The van der Waals surface area contributed by atoms with Gasteiger partial charge in [0.2, 0.25) is 0 Å². The van der Waals surface area contributed by atoms with E-state index < -0.39 is 0 Å². The van der Waals surface area contributed by atoms with Crippen LogP contribution in [0.25, 0.3) is 10.9 Å². The van der Waals surface area contributed by atoms with Gasteiger partial charge in [0, 0.05) is 22.7 Å². The Hall–Kier alpha value is -3.17. The van der Waals surface area contributed by atoms with Gasteiger partial charge in [-0.05, 0) is 31.2 Å². The minimum atomic E-state index is 0. The number of halogens is 1. The molecule has 6 nitrogen and oxygen atoms in total. The molecule has 0 aliphatic carbocycles. The lowest BCUT2D eigenvalue weighted by Crippen LogP contribution is -2.03. The Morgan fingerprint density at radius 1 is 1.07 bits per heavy atom. The molecule has 1 heterocycles. The van der Waals surface area contributed by atoms with Crippen LogP contribution in [-0.4, -0.2) is 30.8 Å². The Kier molecular flexibility index (Phi) is 6.69. The van der Waals surface area contributed by atoms with Crippen LogP contribution in [0.2, 0.25) is 0 Å². The molecule has 0 fully saturated rings. The molecule has 0 saturated carbocycles. The standard InChI is InChI=1S/C20H19N3O3.ClH/c1-5-13-8-7-9-14(10-13)21-19-15-11-17(24-3)18(25-4)12-16(15)22-20(23-19)26-6-2;/h1,7-12H,6H2,2-4H3,(H,21,22,23);1H. The zero-order valence-electron chi connectivity index (χ0n) is 15.3. The molecule has 2 aromatic carbocycles. The highest BCUT2D eigenvalue weighted by Crippen LogP contribution is 2.35. The van der Waals surface area contributed by atoms with E-state index in [-0.39, 0.29) is 18.4 Å². The number of anilines is 2. The molecular formula is C20H20ClN3O3. The van der Waals surface area contributed by atoms with Crippen molar-refractivity contribution >= 4 is 34.8 Å². The number of hydrogen-bond acceptors (Lipinski definition) is 6. The highest BCUT2D eigenvalue weighted by atomic mass is 35.5. The van der Waals surface area contributed by atoms with Gasteiger partial charge in [-0.3, -0.25) is 0 Å². The highest BCUT2D eigenvalue weighted by molar-refractivity contribution is 5.93. The number of ether oxygens (including phenoxy) is 3. The van der Waals surface area contributed by atoms with Gasteiger partial charge < -0.3 is 19.5 Å². The SMILES string of the molecule is C#Cc1cccc(Nc2nc(OCC)nc3cc(OC)c(OC)cc23)c1.Cl. The Labute approximate surface area is 164 Å². The van der Waals surface area contributed by atoms with Gasteiger partial charge in [0.25, 0.3) is 0 Å². The lowest BCUT2D eigenvalue weighted by molar-refractivity contribution is 0.314. The smallest absolute Gasteiger partial charge is 0.318 e. The van der Waals surface area contributed by atoms with E-state index in [1.165, 1.54) is 0 Å². The van der Waals surface area contributed by atoms with E-state index in [4.69, 9.17) is 20.6 Å². The van der Waals surface area contributed by atoms with Gasteiger partial charge in [0.1, 0.15) is 5.82 Å². The molecule has 3 aromatic rings. The fourth-order valence-electron chi connectivity index (χ4n) is 2.55. The third-order valence-electron chi connectivity index (χ3n) is 3.75. The largest absolute Gasteiger partial charge is 0.493 e. The number of terminal acetylenes is 1. The second-order valence-electron chi connectivity index (χ2n) is 5.36. The van der Waals surface area contributed by atoms with Crippen molar-refractivity contribution in [3.05, 3.63) is 42.0 Å². The molecule has 27 heavy (non-hydrogen) atoms. The van der Waals surface area contributed by atoms with Gasteiger partial charge in [-0.25, -0.2) is 0 Å². The van der Waals surface area contributed by atoms with Gasteiger partial charge in [0.15, 0.2) is 11.5 Å². The fraction of sp³-hybridized carbons (Fsp3) is 0.200. The van der Waals surface area contributed by atoms with Gasteiger partial charge >= 0.3 is 6.01 Å². The first-order valence-electron chi connectivity index (χ1n) is 8.08. The zero-order valence-corrected chi connectivity index (χ0v) is 16.1. The molecule has 0 radical (unpaired) electrons. The molecule has 0 amide bonds. The molecule has 0 aliphatic heterocycles. The fourth-order valence-corrected chi connectivity index (χ4v) is 2.55. The van der Waals surface area contributed by atoms with Crippen molar-refractivity contribution in [2.75, 3.05) is 26.1 Å². The van der Waals surface area contributed by atoms with E-state index in [9.17, 15) is 0 Å². The van der Waals surface area contributed by atoms with Crippen molar-refractivity contribution in [2.24, 2.45) is 0 Å². The maximum absolute atomic E-state index is 5.50. The van der Waals surface area contributed by atoms with Gasteiger partial charge in [-0.15, -0.1) is 18.8 Å². The minimum absolute atomic E-state index is 0. The number of aromatic nitrogens is 2. The van der Waals surface area contributed by atoms with Gasteiger partial charge in [0.05, 0.1) is 26.3 Å². The summed E-state index contributed by atoms with van der Waals surface area (Å²) < 4.78 is 16.3. The molecule has 0 atom stereocenters. The zero-order chi connectivity index (χ0) is 18.5. The van der Waals surface area contributed by atoms with E-state index >= 15 is 0 Å². The molecule has 0 bridgehead atoms. The van der Waals surface area contributed by atoms with E-state index in [1.54, 1.807) is 20.3 Å². The van der Waals surface area contributed by atoms with Crippen LogP contribution in [0.15, 0.2) is 36.4 Å². The van der Waals surface area contributed by atoms with E-state index in [0.717, 1.165) is 16.6 Å². The Bertz CT molecular complexity index is 986. The monoisotopic (exact) mass is 385 g/mol. The lowest BCUT2D eigenvalue weighted by Gasteiger charge is -2.14. The Morgan fingerprint density at radius 2 is 1.81 bits per heavy atom. The average molecular weight is 386 g/mol. The van der Waals surface area contributed by atoms with Crippen LogP contribution in [0.1, 0.15) is 12.5 Å². The summed E-state index contributed by atoms with van der Waals surface area (Å²) in [6.45, 7) is 2.34. The molecule has 1 aromatic heterocycles. The first-order valence-corrected chi connectivity index (χ1v) is 8.08. The molecule has 0 aliphatic rings. The quantitative estimate of drug-likeness (QED) is 0.642. The van der Waals surface area contributed by atoms with Crippen LogP contribution in [-0.2, 0) is 0 Å². The molecule has 0 saturated heterocycles. The third-order valence-corrected chi connectivity index (χ3v) is 3.75. The maximum Gasteiger partial charge on any atom is 0.318 e. The lowest BCUT2D eigenvalue weighted by atomic mass is 10.2. The number of rotatable bonds is 6. The molecular weight excluding hydrogens is 366 g/mol. The first kappa shape index (κ1) is 20.1. The van der Waals surface area contributed by atoms with E-state index in [0.29, 0.717) is 29.4 Å². The Balaban J connectivity index is 0.00000261. The number of benzene rings is 2. The number of nitrogens with one attached hydrogen (secondary N) is 1. The second-order valence-corrected chi connectivity index (χ2v) is 5.36. The van der Waals surface area contributed by atoms with Crippen LogP contribution in [0.5, 0.6) is 17.5 Å². The molecule has 0 unspecified atom stereocenters. The number of fused-ring (bicyclic) bond motifs is 1. The molecule has 3 rings (SSSR count). The summed E-state index contributed by atoms with van der Waals surface area (Å²) in [5.41, 5.74) is 2.27. The summed E-state index contributed by atoms with van der Waals surface area (Å²) in [6, 6.07) is 11.4. The van der Waals surface area contributed by atoms with Crippen molar-refractivity contribution in [3.63, 3.8) is 0 Å². The first-order chi connectivity index (χ1) is 12.7. The molecule has 140 valence electrons. The summed E-state index contributed by atoms with van der Waals surface area (Å²) in [4.78, 5) is 8.92. The van der Waals surface area contributed by atoms with Crippen molar-refractivity contribution in [2.45, 2.75) is 6.92 Å². The van der Waals surface area contributed by atoms with Crippen LogP contribution in [0.3, 0.4) is 0 Å². The van der Waals surface area contributed by atoms with Crippen molar-refractivity contribution in [3.8, 4) is 29.9 Å². The van der Waals surface area contributed by atoms with E-state index in [2.05, 4.69) is 21.2 Å². The second kappa shape index (κ2) is 8.97. The number of hydrogen-bond donors (Lipinski definition) is 1. The maximum atomic E-state index is 5.50. The highest BCUT2D eigenvalue weighted by Gasteiger charge is 2.14. The van der Waals surface area contributed by atoms with Crippen molar-refractivity contribution < 1.29 is 14.2 Å². The van der Waals surface area contributed by atoms with Crippen LogP contribution in [0, 0.1) is 12.3 Å². The summed E-state index contributed by atoms with van der Waals surface area (Å²) in [5.74, 6) is 4.39. The number of methoxy groups -OCH3 is 2. The third kappa shape index (κ3) is 4.33. The number of nitrogens with zero attached hydrogens (tertiary/aromatic N) is 2. The van der Waals surface area contributed by atoms with Crippen LogP contribution in [0.4, 0.5) is 11.5 Å². The normalized spacial score (nSPS) is 9.85. The molecule has 7 heteroatoms. The van der Waals surface area contributed by atoms with Crippen molar-refractivity contribution in [1.82, 2.24) is 9.97 Å². The predicted molar refractivity (Wildman–Crippen MR) is 109 cm³/mol. The van der Waals surface area contributed by atoms with Crippen LogP contribution >= 0.6 is 12.4 Å². The topological polar surface area (TPSA) is 65.5 Å². The predicted octanol–water partition coefficient (Wildman–Crippen LogP) is 4.19. The summed E-state index contributed by atoms with van der Waals surface area (Å²) in [5, 5.41) is 4.06. The van der Waals surface area contributed by atoms with Gasteiger partial charge in [-0.1, -0.05) is 12.0 Å².